The summed E-state index contributed by atoms with van der Waals surface area (Å²) in [7, 11) is -3.41. The van der Waals surface area contributed by atoms with Gasteiger partial charge in [-0.15, -0.1) is 11.3 Å². The fourth-order valence-corrected chi connectivity index (χ4v) is 6.20. The Bertz CT molecular complexity index is 549. The molecule has 0 aromatic carbocycles. The third kappa shape index (κ3) is 3.39. The Kier molecular flexibility index (Phi) is 5.53. The van der Waals surface area contributed by atoms with Crippen molar-refractivity contribution in [3.8, 4) is 0 Å². The van der Waals surface area contributed by atoms with E-state index in [4.69, 9.17) is 11.6 Å². The molecule has 0 aliphatic carbocycles. The molecule has 0 amide bonds. The number of hydrogen-bond acceptors (Lipinski definition) is 4. The minimum atomic E-state index is -3.41. The zero-order valence-electron chi connectivity index (χ0n) is 11.5. The lowest BCUT2D eigenvalue weighted by atomic mass is 10.2. The Morgan fingerprint density at radius 3 is 2.45 bits per heavy atom. The van der Waals surface area contributed by atoms with Gasteiger partial charge in [-0.3, -0.25) is 4.90 Å². The maximum Gasteiger partial charge on any atom is 0.252 e. The molecule has 1 aromatic heterocycles. The SMILES string of the molecule is CCC(C)N1CCN(S(=O)(=O)c2cc(Cl)c(Br)s2)CC1. The second-order valence-electron chi connectivity index (χ2n) is 4.88. The molecule has 4 nitrogen and oxygen atoms in total. The number of piperazine rings is 1. The van der Waals surface area contributed by atoms with E-state index in [0.29, 0.717) is 32.1 Å². The van der Waals surface area contributed by atoms with Gasteiger partial charge < -0.3 is 0 Å². The highest BCUT2D eigenvalue weighted by Gasteiger charge is 2.31. The molecule has 0 radical (unpaired) electrons. The van der Waals surface area contributed by atoms with Crippen molar-refractivity contribution in [1.29, 1.82) is 0 Å². The van der Waals surface area contributed by atoms with Gasteiger partial charge in [0.2, 0.25) is 0 Å². The minimum absolute atomic E-state index is 0.311. The van der Waals surface area contributed by atoms with Crippen LogP contribution in [0.15, 0.2) is 14.1 Å². The van der Waals surface area contributed by atoms with Crippen LogP contribution < -0.4 is 0 Å². The molecule has 1 atom stereocenters. The van der Waals surface area contributed by atoms with Crippen LogP contribution in [0.5, 0.6) is 0 Å². The lowest BCUT2D eigenvalue weighted by molar-refractivity contribution is 0.143. The van der Waals surface area contributed by atoms with E-state index in [1.165, 1.54) is 17.4 Å². The average molecular weight is 402 g/mol. The van der Waals surface area contributed by atoms with E-state index in [-0.39, 0.29) is 0 Å². The molecule has 8 heteroatoms. The highest BCUT2D eigenvalue weighted by Crippen LogP contribution is 2.36. The molecule has 1 aromatic rings. The lowest BCUT2D eigenvalue weighted by Gasteiger charge is -2.36. The summed E-state index contributed by atoms with van der Waals surface area (Å²) in [6.07, 6.45) is 1.08. The second-order valence-corrected chi connectivity index (χ2v) is 9.83. The van der Waals surface area contributed by atoms with E-state index < -0.39 is 10.0 Å². The van der Waals surface area contributed by atoms with E-state index in [1.807, 2.05) is 0 Å². The lowest BCUT2D eigenvalue weighted by Crippen LogP contribution is -2.50. The zero-order valence-corrected chi connectivity index (χ0v) is 15.4. The molecule has 2 rings (SSSR count). The molecule has 1 unspecified atom stereocenters. The average Bonchev–Trinajstić information content (AvgIpc) is 2.78. The first kappa shape index (κ1) is 16.7. The van der Waals surface area contributed by atoms with Crippen LogP contribution in [0.4, 0.5) is 0 Å². The van der Waals surface area contributed by atoms with Crippen LogP contribution in [0.3, 0.4) is 0 Å². The van der Waals surface area contributed by atoms with E-state index in [2.05, 4.69) is 34.7 Å². The molecule has 0 spiro atoms. The standard InChI is InChI=1S/C12H18BrClN2O2S2/c1-3-9(2)15-4-6-16(7-5-15)20(17,18)11-8-10(14)12(13)19-11/h8-9H,3-7H2,1-2H3. The summed E-state index contributed by atoms with van der Waals surface area (Å²) in [5, 5.41) is 0.451. The fraction of sp³-hybridized carbons (Fsp3) is 0.667. The summed E-state index contributed by atoms with van der Waals surface area (Å²) >= 11 is 10.4. The van der Waals surface area contributed by atoms with Crippen LogP contribution in [-0.2, 0) is 10.0 Å². The molecule has 1 aliphatic rings. The second kappa shape index (κ2) is 6.62. The molecule has 0 saturated carbocycles. The smallest absolute Gasteiger partial charge is 0.252 e. The van der Waals surface area contributed by atoms with E-state index in [9.17, 15) is 8.42 Å². The van der Waals surface area contributed by atoms with Gasteiger partial charge in [0.05, 0.1) is 8.81 Å². The summed E-state index contributed by atoms with van der Waals surface area (Å²) in [4.78, 5) is 2.34. The van der Waals surface area contributed by atoms with Crippen LogP contribution in [0, 0.1) is 0 Å². The molecule has 0 bridgehead atoms. The number of rotatable bonds is 4. The van der Waals surface area contributed by atoms with Gasteiger partial charge in [-0.05, 0) is 35.3 Å². The van der Waals surface area contributed by atoms with Gasteiger partial charge in [0.1, 0.15) is 4.21 Å². The van der Waals surface area contributed by atoms with Crippen molar-refractivity contribution < 1.29 is 8.42 Å². The Morgan fingerprint density at radius 1 is 1.40 bits per heavy atom. The van der Waals surface area contributed by atoms with E-state index >= 15 is 0 Å². The Labute approximate surface area is 137 Å². The van der Waals surface area contributed by atoms with Crippen LogP contribution in [0.1, 0.15) is 20.3 Å². The first-order valence-corrected chi connectivity index (χ1v) is 9.98. The Balaban J connectivity index is 2.09. The van der Waals surface area contributed by atoms with Gasteiger partial charge >= 0.3 is 0 Å². The van der Waals surface area contributed by atoms with Crippen LogP contribution in [0.25, 0.3) is 0 Å². The molecule has 114 valence electrons. The Hall–Kier alpha value is 0.340. The van der Waals surface area contributed by atoms with Crippen molar-refractivity contribution in [1.82, 2.24) is 9.21 Å². The third-order valence-electron chi connectivity index (χ3n) is 3.70. The van der Waals surface area contributed by atoms with Crippen molar-refractivity contribution in [3.63, 3.8) is 0 Å². The molecular formula is C12H18BrClN2O2S2. The maximum absolute atomic E-state index is 12.5. The number of nitrogens with zero attached hydrogens (tertiary/aromatic N) is 2. The molecule has 1 saturated heterocycles. The maximum atomic E-state index is 12.5. The van der Waals surface area contributed by atoms with Gasteiger partial charge in [-0.25, -0.2) is 8.42 Å². The van der Waals surface area contributed by atoms with Crippen molar-refractivity contribution >= 4 is 48.9 Å². The summed E-state index contributed by atoms with van der Waals surface area (Å²) in [5.41, 5.74) is 0. The van der Waals surface area contributed by atoms with Crippen molar-refractivity contribution in [2.24, 2.45) is 0 Å². The predicted molar refractivity (Wildman–Crippen MR) is 87.1 cm³/mol. The highest BCUT2D eigenvalue weighted by molar-refractivity contribution is 9.11. The highest BCUT2D eigenvalue weighted by atomic mass is 79.9. The summed E-state index contributed by atoms with van der Waals surface area (Å²) < 4.78 is 27.6. The first-order chi connectivity index (χ1) is 9.36. The largest absolute Gasteiger partial charge is 0.298 e. The summed E-state index contributed by atoms with van der Waals surface area (Å²) in [6, 6.07) is 2.03. The van der Waals surface area contributed by atoms with Crippen LogP contribution >= 0.6 is 38.9 Å². The van der Waals surface area contributed by atoms with Crippen LogP contribution in [-0.4, -0.2) is 49.8 Å². The monoisotopic (exact) mass is 400 g/mol. The van der Waals surface area contributed by atoms with E-state index in [1.54, 1.807) is 4.31 Å². The van der Waals surface area contributed by atoms with E-state index in [0.717, 1.165) is 19.5 Å². The van der Waals surface area contributed by atoms with Gasteiger partial charge in [0.25, 0.3) is 10.0 Å². The Morgan fingerprint density at radius 2 is 2.00 bits per heavy atom. The summed E-state index contributed by atoms with van der Waals surface area (Å²) in [6.45, 7) is 6.99. The first-order valence-electron chi connectivity index (χ1n) is 6.55. The number of sulfonamides is 1. The molecule has 1 aliphatic heterocycles. The van der Waals surface area contributed by atoms with Gasteiger partial charge in [-0.2, -0.15) is 4.31 Å². The van der Waals surface area contributed by atoms with Crippen LogP contribution in [0.2, 0.25) is 5.02 Å². The quantitative estimate of drug-likeness (QED) is 0.777. The van der Waals surface area contributed by atoms with Gasteiger partial charge in [0.15, 0.2) is 0 Å². The fourth-order valence-electron chi connectivity index (χ4n) is 2.22. The van der Waals surface area contributed by atoms with Crippen molar-refractivity contribution in [3.05, 3.63) is 14.9 Å². The number of thiophene rings is 1. The van der Waals surface area contributed by atoms with Gasteiger partial charge in [-0.1, -0.05) is 18.5 Å². The molecule has 1 fully saturated rings. The third-order valence-corrected chi connectivity index (χ3v) is 8.53. The normalized spacial score (nSPS) is 20.2. The number of halogens is 2. The molecule has 0 N–H and O–H groups in total. The van der Waals surface area contributed by atoms with Crippen molar-refractivity contribution in [2.75, 3.05) is 26.2 Å². The summed E-state index contributed by atoms with van der Waals surface area (Å²) in [5.74, 6) is 0. The topological polar surface area (TPSA) is 40.6 Å². The van der Waals surface area contributed by atoms with Gasteiger partial charge in [0, 0.05) is 32.2 Å². The zero-order chi connectivity index (χ0) is 14.9. The minimum Gasteiger partial charge on any atom is -0.298 e. The van der Waals surface area contributed by atoms with Crippen molar-refractivity contribution in [2.45, 2.75) is 30.5 Å². The molecular weight excluding hydrogens is 384 g/mol. The molecule has 2 heterocycles. The predicted octanol–water partition coefficient (Wildman–Crippen LogP) is 3.27. The molecule has 20 heavy (non-hydrogen) atoms. The number of hydrogen-bond donors (Lipinski definition) is 0.